The highest BCUT2D eigenvalue weighted by molar-refractivity contribution is 4.98. The molecule has 0 bridgehead atoms. The van der Waals surface area contributed by atoms with Gasteiger partial charge >= 0.3 is 0 Å². The van der Waals surface area contributed by atoms with Crippen molar-refractivity contribution in [1.82, 2.24) is 20.1 Å². The zero-order valence-corrected chi connectivity index (χ0v) is 9.65. The molecule has 0 spiro atoms. The van der Waals surface area contributed by atoms with E-state index in [1.54, 1.807) is 0 Å². The largest absolute Gasteiger partial charge is 0.396 e. The lowest BCUT2D eigenvalue weighted by Gasteiger charge is -2.14. The monoisotopic (exact) mass is 224 g/mol. The van der Waals surface area contributed by atoms with E-state index in [0.29, 0.717) is 0 Å². The van der Waals surface area contributed by atoms with Gasteiger partial charge in [0.1, 0.15) is 11.6 Å². The molecule has 2 rings (SSSR count). The van der Waals surface area contributed by atoms with E-state index in [-0.39, 0.29) is 6.61 Å². The van der Waals surface area contributed by atoms with Gasteiger partial charge in [0.05, 0.1) is 6.54 Å². The lowest BCUT2D eigenvalue weighted by Crippen LogP contribution is -2.20. The third-order valence-corrected chi connectivity index (χ3v) is 2.98. The molecule has 0 aliphatic carbocycles. The predicted octanol–water partition coefficient (Wildman–Crippen LogP) is 0.476. The van der Waals surface area contributed by atoms with Crippen molar-refractivity contribution in [2.24, 2.45) is 0 Å². The average molecular weight is 224 g/mol. The fourth-order valence-electron chi connectivity index (χ4n) is 2.06. The van der Waals surface area contributed by atoms with Gasteiger partial charge in [-0.25, -0.2) is 0 Å². The number of rotatable bonds is 6. The number of nitrogens with zero attached hydrogens (tertiary/aromatic N) is 3. The maximum Gasteiger partial charge on any atom is 0.147 e. The maximum absolute atomic E-state index is 8.65. The van der Waals surface area contributed by atoms with Crippen LogP contribution in [0.3, 0.4) is 0 Å². The SMILES string of the molecule is OCCCCNCc1nnc2n1CCCC2. The van der Waals surface area contributed by atoms with Gasteiger partial charge in [0.2, 0.25) is 0 Å². The van der Waals surface area contributed by atoms with Gasteiger partial charge in [0, 0.05) is 19.6 Å². The van der Waals surface area contributed by atoms with Gasteiger partial charge < -0.3 is 15.0 Å². The van der Waals surface area contributed by atoms with Crippen LogP contribution in [0, 0.1) is 0 Å². The van der Waals surface area contributed by atoms with Gasteiger partial charge in [0.25, 0.3) is 0 Å². The molecule has 0 aromatic carbocycles. The van der Waals surface area contributed by atoms with E-state index in [1.165, 1.54) is 12.8 Å². The second-order valence-electron chi connectivity index (χ2n) is 4.25. The Morgan fingerprint density at radius 3 is 3.06 bits per heavy atom. The third kappa shape index (κ3) is 2.80. The summed E-state index contributed by atoms with van der Waals surface area (Å²) in [7, 11) is 0. The van der Waals surface area contributed by atoms with E-state index in [2.05, 4.69) is 20.1 Å². The highest BCUT2D eigenvalue weighted by Crippen LogP contribution is 2.13. The van der Waals surface area contributed by atoms with E-state index in [4.69, 9.17) is 5.11 Å². The maximum atomic E-state index is 8.65. The molecule has 1 aromatic heterocycles. The molecule has 0 unspecified atom stereocenters. The number of aliphatic hydroxyl groups excluding tert-OH is 1. The van der Waals surface area contributed by atoms with Crippen molar-refractivity contribution in [3.8, 4) is 0 Å². The molecule has 0 saturated carbocycles. The zero-order valence-electron chi connectivity index (χ0n) is 9.65. The highest BCUT2D eigenvalue weighted by Gasteiger charge is 2.14. The second-order valence-corrected chi connectivity index (χ2v) is 4.25. The number of aryl methyl sites for hydroxylation is 1. The van der Waals surface area contributed by atoms with Crippen molar-refractivity contribution in [2.45, 2.75) is 45.2 Å². The van der Waals surface area contributed by atoms with Crippen LogP contribution in [0.2, 0.25) is 0 Å². The molecule has 90 valence electrons. The molecule has 5 heteroatoms. The van der Waals surface area contributed by atoms with Crippen LogP contribution in [0.1, 0.15) is 37.3 Å². The Morgan fingerprint density at radius 2 is 2.19 bits per heavy atom. The van der Waals surface area contributed by atoms with Gasteiger partial charge in [-0.3, -0.25) is 0 Å². The first-order valence-corrected chi connectivity index (χ1v) is 6.14. The molecule has 0 radical (unpaired) electrons. The van der Waals surface area contributed by atoms with E-state index in [1.807, 2.05) is 0 Å². The quantitative estimate of drug-likeness (QED) is 0.690. The van der Waals surface area contributed by atoms with Crippen molar-refractivity contribution in [2.75, 3.05) is 13.2 Å². The fourth-order valence-corrected chi connectivity index (χ4v) is 2.06. The first-order valence-electron chi connectivity index (χ1n) is 6.14. The molecule has 5 nitrogen and oxygen atoms in total. The van der Waals surface area contributed by atoms with E-state index in [9.17, 15) is 0 Å². The Kier molecular flexibility index (Phi) is 4.30. The summed E-state index contributed by atoms with van der Waals surface area (Å²) in [5, 5.41) is 20.4. The predicted molar refractivity (Wildman–Crippen MR) is 61.0 cm³/mol. The molecule has 0 amide bonds. The van der Waals surface area contributed by atoms with Crippen molar-refractivity contribution in [1.29, 1.82) is 0 Å². The third-order valence-electron chi connectivity index (χ3n) is 2.98. The minimum Gasteiger partial charge on any atom is -0.396 e. The standard InChI is InChI=1S/C11H20N4O/c16-8-4-2-6-12-9-11-14-13-10-5-1-3-7-15(10)11/h12,16H,1-9H2. The van der Waals surface area contributed by atoms with E-state index >= 15 is 0 Å². The first kappa shape index (κ1) is 11.5. The minimum absolute atomic E-state index is 0.280. The number of fused-ring (bicyclic) bond motifs is 1. The normalized spacial score (nSPS) is 15.1. The zero-order chi connectivity index (χ0) is 11.2. The molecule has 2 N–H and O–H groups in total. The van der Waals surface area contributed by atoms with Crippen LogP contribution in [0.15, 0.2) is 0 Å². The van der Waals surface area contributed by atoms with Crippen molar-refractivity contribution < 1.29 is 5.11 Å². The van der Waals surface area contributed by atoms with Crippen LogP contribution < -0.4 is 5.32 Å². The van der Waals surface area contributed by atoms with E-state index < -0.39 is 0 Å². The molecular formula is C11H20N4O. The molecule has 0 atom stereocenters. The molecule has 1 aliphatic heterocycles. The minimum atomic E-state index is 0.280. The second kappa shape index (κ2) is 5.96. The molecule has 16 heavy (non-hydrogen) atoms. The summed E-state index contributed by atoms with van der Waals surface area (Å²) in [5.74, 6) is 2.19. The lowest BCUT2D eigenvalue weighted by molar-refractivity contribution is 0.283. The van der Waals surface area contributed by atoms with Crippen molar-refractivity contribution >= 4 is 0 Å². The Labute approximate surface area is 95.9 Å². The number of aliphatic hydroxyl groups is 1. The van der Waals surface area contributed by atoms with Crippen LogP contribution in [0.25, 0.3) is 0 Å². The smallest absolute Gasteiger partial charge is 0.147 e. The molecule has 1 aliphatic rings. The summed E-state index contributed by atoms with van der Waals surface area (Å²) in [4.78, 5) is 0. The topological polar surface area (TPSA) is 63.0 Å². The fraction of sp³-hybridized carbons (Fsp3) is 0.818. The Bertz CT molecular complexity index is 324. The van der Waals surface area contributed by atoms with Gasteiger partial charge in [-0.05, 0) is 32.2 Å². The first-order chi connectivity index (χ1) is 7.92. The summed E-state index contributed by atoms with van der Waals surface area (Å²) >= 11 is 0. The molecule has 2 heterocycles. The average Bonchev–Trinajstić information content (AvgIpc) is 2.73. The van der Waals surface area contributed by atoms with Gasteiger partial charge in [-0.15, -0.1) is 10.2 Å². The van der Waals surface area contributed by atoms with Crippen LogP contribution >= 0.6 is 0 Å². The number of nitrogens with one attached hydrogen (secondary N) is 1. The summed E-state index contributed by atoms with van der Waals surface area (Å²) in [6, 6.07) is 0. The van der Waals surface area contributed by atoms with Gasteiger partial charge in [0.15, 0.2) is 0 Å². The molecule has 0 fully saturated rings. The summed E-state index contributed by atoms with van der Waals surface area (Å²) in [5.41, 5.74) is 0. The van der Waals surface area contributed by atoms with Crippen LogP contribution in [0.4, 0.5) is 0 Å². The number of aromatic nitrogens is 3. The van der Waals surface area contributed by atoms with Crippen LogP contribution in [0.5, 0.6) is 0 Å². The summed E-state index contributed by atoms with van der Waals surface area (Å²) in [6.07, 6.45) is 5.42. The Morgan fingerprint density at radius 1 is 1.25 bits per heavy atom. The van der Waals surface area contributed by atoms with Crippen molar-refractivity contribution in [3.63, 3.8) is 0 Å². The molecule has 0 saturated heterocycles. The summed E-state index contributed by atoms with van der Waals surface area (Å²) < 4.78 is 2.24. The van der Waals surface area contributed by atoms with Crippen LogP contribution in [-0.2, 0) is 19.5 Å². The van der Waals surface area contributed by atoms with E-state index in [0.717, 1.165) is 50.5 Å². The number of hydrogen-bond donors (Lipinski definition) is 2. The Hall–Kier alpha value is -0.940. The molecule has 1 aromatic rings. The van der Waals surface area contributed by atoms with Crippen LogP contribution in [-0.4, -0.2) is 33.0 Å². The molecular weight excluding hydrogens is 204 g/mol. The Balaban J connectivity index is 1.78. The lowest BCUT2D eigenvalue weighted by atomic mass is 10.2. The summed E-state index contributed by atoms with van der Waals surface area (Å²) in [6.45, 7) is 3.07. The number of hydrogen-bond acceptors (Lipinski definition) is 4. The van der Waals surface area contributed by atoms with Gasteiger partial charge in [-0.1, -0.05) is 0 Å². The highest BCUT2D eigenvalue weighted by atomic mass is 16.2. The number of unbranched alkanes of at least 4 members (excludes halogenated alkanes) is 1. The van der Waals surface area contributed by atoms with Crippen molar-refractivity contribution in [3.05, 3.63) is 11.6 Å². The van der Waals surface area contributed by atoms with Gasteiger partial charge in [-0.2, -0.15) is 0 Å².